The number of hydrogen-bond donors (Lipinski definition) is 0. The molecule has 180 valence electrons. The first-order valence-corrected chi connectivity index (χ1v) is 10.8. The first-order chi connectivity index (χ1) is 15.6. The number of halogens is 3. The Kier molecular flexibility index (Phi) is 7.41. The molecule has 0 aliphatic rings. The largest absolute Gasteiger partial charge is 0.573 e. The maximum absolute atomic E-state index is 12.7. The van der Waals surface area contributed by atoms with Gasteiger partial charge in [0.2, 0.25) is 0 Å². The molecule has 3 rings (SSSR count). The molecule has 2 aromatic carbocycles. The Morgan fingerprint density at radius 2 is 1.73 bits per heavy atom. The lowest BCUT2D eigenvalue weighted by molar-refractivity contribution is -0.274. The first kappa shape index (κ1) is 24.7. The van der Waals surface area contributed by atoms with E-state index in [0.29, 0.717) is 41.1 Å². The van der Waals surface area contributed by atoms with Crippen LogP contribution in [0.1, 0.15) is 43.7 Å². The number of aromatic nitrogens is 2. The fourth-order valence-electron chi connectivity index (χ4n) is 4.03. The zero-order valence-electron chi connectivity index (χ0n) is 19.8. The normalized spacial score (nSPS) is 12.1. The van der Waals surface area contributed by atoms with Gasteiger partial charge in [-0.05, 0) is 62.7 Å². The topological polar surface area (TPSA) is 48.8 Å². The van der Waals surface area contributed by atoms with Crippen molar-refractivity contribution in [1.29, 1.82) is 0 Å². The van der Waals surface area contributed by atoms with Gasteiger partial charge in [-0.1, -0.05) is 19.9 Å². The van der Waals surface area contributed by atoms with Crippen molar-refractivity contribution < 1.29 is 27.4 Å². The Morgan fingerprint density at radius 1 is 1.06 bits per heavy atom. The Bertz CT molecular complexity index is 1110. The molecule has 0 radical (unpaired) electrons. The van der Waals surface area contributed by atoms with E-state index >= 15 is 0 Å². The average Bonchev–Trinajstić information content (AvgIpc) is 3.06. The van der Waals surface area contributed by atoms with E-state index in [1.54, 1.807) is 7.11 Å². The van der Waals surface area contributed by atoms with E-state index in [1.165, 1.54) is 18.2 Å². The van der Waals surface area contributed by atoms with Crippen LogP contribution in [-0.2, 0) is 13.6 Å². The molecule has 0 saturated heterocycles. The molecule has 1 heterocycles. The van der Waals surface area contributed by atoms with Gasteiger partial charge in [0.15, 0.2) is 0 Å². The molecule has 9 heteroatoms. The number of nitrogens with zero attached hydrogens (tertiary/aromatic N) is 3. The van der Waals surface area contributed by atoms with Crippen LogP contribution < -0.4 is 14.2 Å². The highest BCUT2D eigenvalue weighted by Crippen LogP contribution is 2.38. The lowest BCUT2D eigenvalue weighted by Crippen LogP contribution is -2.18. The first-order valence-electron chi connectivity index (χ1n) is 10.8. The molecule has 33 heavy (non-hydrogen) atoms. The van der Waals surface area contributed by atoms with Gasteiger partial charge in [-0.25, -0.2) is 0 Å². The van der Waals surface area contributed by atoms with Gasteiger partial charge < -0.3 is 19.1 Å². The van der Waals surface area contributed by atoms with E-state index in [0.717, 1.165) is 23.9 Å². The lowest BCUT2D eigenvalue weighted by Gasteiger charge is -2.17. The molecule has 0 N–H and O–H groups in total. The summed E-state index contributed by atoms with van der Waals surface area (Å²) in [5, 5.41) is 0. The van der Waals surface area contributed by atoms with E-state index in [4.69, 9.17) is 9.47 Å². The number of alkyl halides is 3. The van der Waals surface area contributed by atoms with E-state index < -0.39 is 6.36 Å². The second-order valence-electron chi connectivity index (χ2n) is 8.18. The maximum atomic E-state index is 12.7. The number of rotatable bonds is 9. The van der Waals surface area contributed by atoms with Crippen molar-refractivity contribution in [3.05, 3.63) is 41.5 Å². The Morgan fingerprint density at radius 3 is 2.30 bits per heavy atom. The third kappa shape index (κ3) is 5.52. The summed E-state index contributed by atoms with van der Waals surface area (Å²) in [6, 6.07) is 8.34. The van der Waals surface area contributed by atoms with E-state index in [1.807, 2.05) is 36.7 Å². The van der Waals surface area contributed by atoms with Gasteiger partial charge in [-0.3, -0.25) is 4.57 Å². The van der Waals surface area contributed by atoms with Crippen LogP contribution >= 0.6 is 0 Å². The van der Waals surface area contributed by atoms with Gasteiger partial charge in [0.1, 0.15) is 22.8 Å². The van der Waals surface area contributed by atoms with Crippen LogP contribution in [0.5, 0.6) is 23.3 Å². The summed E-state index contributed by atoms with van der Waals surface area (Å²) in [4.78, 5) is 6.52. The number of ether oxygens (including phenoxy) is 3. The molecule has 0 spiro atoms. The van der Waals surface area contributed by atoms with Gasteiger partial charge >= 0.3 is 12.4 Å². The van der Waals surface area contributed by atoms with E-state index in [2.05, 4.69) is 29.6 Å². The molecule has 0 aliphatic carbocycles. The molecule has 3 aromatic rings. The summed E-state index contributed by atoms with van der Waals surface area (Å²) in [6.45, 7) is 4.66. The minimum atomic E-state index is -4.77. The second-order valence-corrected chi connectivity index (χ2v) is 8.18. The van der Waals surface area contributed by atoms with Gasteiger partial charge in [-0.15, -0.1) is 13.2 Å². The van der Waals surface area contributed by atoms with Crippen molar-refractivity contribution in [2.75, 3.05) is 21.2 Å². The summed E-state index contributed by atoms with van der Waals surface area (Å²) in [7, 11) is 7.10. The SMILES string of the molecule is CCC(CC)c1ccc(OC)c2nc(Oc3ccc(OC(F)(F)F)cc3CN(C)C)n(C)c12. The van der Waals surface area contributed by atoms with Crippen molar-refractivity contribution in [3.63, 3.8) is 0 Å². The second kappa shape index (κ2) is 9.91. The smallest absolute Gasteiger partial charge is 0.494 e. The van der Waals surface area contributed by atoms with Gasteiger partial charge in [-0.2, -0.15) is 4.98 Å². The van der Waals surface area contributed by atoms with Crippen molar-refractivity contribution >= 4 is 11.0 Å². The third-order valence-corrected chi connectivity index (χ3v) is 5.57. The standard InChI is InChI=1S/C24H30F3N3O3/c1-7-15(8-2)18-10-12-20(31-6)21-22(18)30(5)23(28-21)32-19-11-9-17(33-24(25,26)27)13-16(19)14-29(3)4/h9-13,15H,7-8,14H2,1-6H3. The van der Waals surface area contributed by atoms with Crippen LogP contribution in [-0.4, -0.2) is 42.0 Å². The molecule has 0 unspecified atom stereocenters. The molecule has 0 fully saturated rings. The zero-order chi connectivity index (χ0) is 24.3. The Balaban J connectivity index is 2.09. The van der Waals surface area contributed by atoms with Gasteiger partial charge in [0.25, 0.3) is 0 Å². The molecular weight excluding hydrogens is 435 g/mol. The third-order valence-electron chi connectivity index (χ3n) is 5.57. The number of methoxy groups -OCH3 is 1. The fourth-order valence-corrected chi connectivity index (χ4v) is 4.03. The van der Waals surface area contributed by atoms with E-state index in [9.17, 15) is 13.2 Å². The molecule has 0 amide bonds. The van der Waals surface area contributed by atoms with Crippen LogP contribution in [0.25, 0.3) is 11.0 Å². The van der Waals surface area contributed by atoms with Crippen LogP contribution in [0.15, 0.2) is 30.3 Å². The minimum Gasteiger partial charge on any atom is -0.494 e. The predicted octanol–water partition coefficient (Wildman–Crippen LogP) is 6.24. The number of hydrogen-bond acceptors (Lipinski definition) is 5. The summed E-state index contributed by atoms with van der Waals surface area (Å²) in [6.07, 6.45) is -2.81. The van der Waals surface area contributed by atoms with E-state index in [-0.39, 0.29) is 5.75 Å². The Hall–Kier alpha value is -2.94. The minimum absolute atomic E-state index is 0.297. The number of benzene rings is 2. The lowest BCUT2D eigenvalue weighted by atomic mass is 9.92. The van der Waals surface area contributed by atoms with Crippen LogP contribution in [0.3, 0.4) is 0 Å². The molecule has 0 bridgehead atoms. The number of fused-ring (bicyclic) bond motifs is 1. The monoisotopic (exact) mass is 465 g/mol. The van der Waals surface area contributed by atoms with Crippen LogP contribution in [0.2, 0.25) is 0 Å². The molecule has 0 aliphatic heterocycles. The van der Waals surface area contributed by atoms with Gasteiger partial charge in [0.05, 0.1) is 12.6 Å². The highest BCUT2D eigenvalue weighted by Gasteiger charge is 2.31. The maximum Gasteiger partial charge on any atom is 0.573 e. The summed E-state index contributed by atoms with van der Waals surface area (Å²) in [5.74, 6) is 1.09. The molecule has 0 atom stereocenters. The Labute approximate surface area is 191 Å². The zero-order valence-corrected chi connectivity index (χ0v) is 19.8. The summed E-state index contributed by atoms with van der Waals surface area (Å²) in [5.41, 5.74) is 3.30. The van der Waals surface area contributed by atoms with Crippen molar-refractivity contribution in [3.8, 4) is 23.3 Å². The fraction of sp³-hybridized carbons (Fsp3) is 0.458. The molecular formula is C24H30F3N3O3. The number of imidazole rings is 1. The van der Waals surface area contributed by atoms with Crippen molar-refractivity contribution in [2.24, 2.45) is 7.05 Å². The van der Waals surface area contributed by atoms with Gasteiger partial charge in [0, 0.05) is 19.2 Å². The predicted molar refractivity (Wildman–Crippen MR) is 121 cm³/mol. The highest BCUT2D eigenvalue weighted by molar-refractivity contribution is 5.86. The van der Waals surface area contributed by atoms with Crippen molar-refractivity contribution in [2.45, 2.75) is 45.5 Å². The highest BCUT2D eigenvalue weighted by atomic mass is 19.4. The van der Waals surface area contributed by atoms with Crippen LogP contribution in [0, 0.1) is 0 Å². The summed E-state index contributed by atoms with van der Waals surface area (Å²) < 4.78 is 55.7. The molecule has 0 saturated carbocycles. The van der Waals surface area contributed by atoms with Crippen LogP contribution in [0.4, 0.5) is 13.2 Å². The molecule has 1 aromatic heterocycles. The number of aryl methyl sites for hydroxylation is 1. The quantitative estimate of drug-likeness (QED) is 0.375. The summed E-state index contributed by atoms with van der Waals surface area (Å²) >= 11 is 0. The van der Waals surface area contributed by atoms with Crippen molar-refractivity contribution in [1.82, 2.24) is 14.5 Å². The molecule has 6 nitrogen and oxygen atoms in total. The average molecular weight is 466 g/mol.